The van der Waals surface area contributed by atoms with Crippen molar-refractivity contribution in [1.29, 1.82) is 10.5 Å². The molecule has 4 aromatic carbocycles. The molecule has 0 bridgehead atoms. The van der Waals surface area contributed by atoms with Crippen molar-refractivity contribution < 1.29 is 28.7 Å². The molecule has 11 heteroatoms. The number of nitrogens with one attached hydrogen (secondary N) is 1. The van der Waals surface area contributed by atoms with Crippen molar-refractivity contribution in [3.8, 4) is 23.6 Å². The molecule has 0 saturated heterocycles. The smallest absolute Gasteiger partial charge is 0.488 e. The lowest BCUT2D eigenvalue weighted by atomic mass is 10.1. The molecule has 0 aliphatic rings. The molecule has 0 spiro atoms. The molecule has 4 aromatic rings. The minimum absolute atomic E-state index is 0.00385. The lowest BCUT2D eigenvalue weighted by molar-refractivity contribution is -0.384. The number of carbonyl (C=O) groups is 2. The summed E-state index contributed by atoms with van der Waals surface area (Å²) in [6.45, 7) is -0.0843. The van der Waals surface area contributed by atoms with Crippen molar-refractivity contribution in [2.45, 2.75) is 19.6 Å². The van der Waals surface area contributed by atoms with Crippen molar-refractivity contribution in [3.05, 3.63) is 135 Å². The molecule has 0 radical (unpaired) electrons. The molecule has 44 heavy (non-hydrogen) atoms. The van der Waals surface area contributed by atoms with Crippen molar-refractivity contribution >= 4 is 29.5 Å². The summed E-state index contributed by atoms with van der Waals surface area (Å²) in [4.78, 5) is 35.1. The zero-order valence-electron chi connectivity index (χ0n) is 23.1. The van der Waals surface area contributed by atoms with Gasteiger partial charge in [0.1, 0.15) is 42.4 Å². The predicted octanol–water partition coefficient (Wildman–Crippen LogP) is 6.50. The molecule has 0 unspecified atom stereocenters. The number of anilines is 1. The molecule has 1 N–H and O–H groups in total. The molecule has 0 aliphatic heterocycles. The van der Waals surface area contributed by atoms with Crippen LogP contribution in [0.5, 0.6) is 11.5 Å². The summed E-state index contributed by atoms with van der Waals surface area (Å²) >= 11 is 0. The van der Waals surface area contributed by atoms with Crippen LogP contribution in [0.15, 0.2) is 103 Å². The summed E-state index contributed by atoms with van der Waals surface area (Å²) in [6.07, 6.45) is 0.585. The third kappa shape index (κ3) is 9.03. The standard InChI is InChI=1S/C33H24N4O7/c34-19-26(20-35)16-27-10-15-30(18-31(27)42-21-25-8-13-29(14-9-25)37(40)41)44-33(39)43-22-24-6-11-28(12-7-24)36-32(38)17-23-4-2-1-3-5-23/h1-16,18H,17,21-22H2,(H,36,38). The van der Waals surface area contributed by atoms with Gasteiger partial charge in [-0.1, -0.05) is 42.5 Å². The van der Waals surface area contributed by atoms with Crippen LogP contribution in [0.25, 0.3) is 6.08 Å². The highest BCUT2D eigenvalue weighted by Crippen LogP contribution is 2.28. The normalized spacial score (nSPS) is 9.95. The number of nitrogens with zero attached hydrogens (tertiary/aromatic N) is 3. The molecular weight excluding hydrogens is 564 g/mol. The quantitative estimate of drug-likeness (QED) is 0.0676. The van der Waals surface area contributed by atoms with Crippen LogP contribution < -0.4 is 14.8 Å². The molecule has 11 nitrogen and oxygen atoms in total. The molecule has 0 aliphatic carbocycles. The van der Waals surface area contributed by atoms with E-state index in [0.29, 0.717) is 22.4 Å². The summed E-state index contributed by atoms with van der Waals surface area (Å²) in [5.74, 6) is 0.122. The van der Waals surface area contributed by atoms with Crippen LogP contribution in [-0.2, 0) is 29.2 Å². The van der Waals surface area contributed by atoms with Crippen LogP contribution in [-0.4, -0.2) is 17.0 Å². The third-order valence-electron chi connectivity index (χ3n) is 6.07. The summed E-state index contributed by atoms with van der Waals surface area (Å²) in [5.41, 5.74) is 2.93. The van der Waals surface area contributed by atoms with Gasteiger partial charge in [-0.05, 0) is 59.2 Å². The van der Waals surface area contributed by atoms with Gasteiger partial charge in [0.2, 0.25) is 5.91 Å². The Morgan fingerprint density at radius 1 is 0.841 bits per heavy atom. The molecular formula is C33H24N4O7. The van der Waals surface area contributed by atoms with Crippen molar-refractivity contribution in [2.75, 3.05) is 5.32 Å². The van der Waals surface area contributed by atoms with E-state index < -0.39 is 11.1 Å². The van der Waals surface area contributed by atoms with Gasteiger partial charge in [0.25, 0.3) is 5.69 Å². The molecule has 4 rings (SSSR count). The first kappa shape index (κ1) is 30.5. The average molecular weight is 589 g/mol. The molecule has 0 fully saturated rings. The van der Waals surface area contributed by atoms with Gasteiger partial charge < -0.3 is 19.5 Å². The highest BCUT2D eigenvalue weighted by molar-refractivity contribution is 5.92. The molecule has 1 amide bonds. The Hall–Kier alpha value is -6.46. The number of carbonyl (C=O) groups excluding carboxylic acids is 2. The Balaban J connectivity index is 1.35. The Labute approximate surface area is 252 Å². The highest BCUT2D eigenvalue weighted by Gasteiger charge is 2.12. The van der Waals surface area contributed by atoms with Gasteiger partial charge in [0, 0.05) is 29.4 Å². The Morgan fingerprint density at radius 2 is 1.50 bits per heavy atom. The number of ether oxygens (including phenoxy) is 3. The largest absolute Gasteiger partial charge is 0.514 e. The fourth-order valence-electron chi connectivity index (χ4n) is 3.88. The SMILES string of the molecule is N#CC(C#N)=Cc1ccc(OC(=O)OCc2ccc(NC(=O)Cc3ccccc3)cc2)cc1OCc1ccc([N+](=O)[O-])cc1. The first-order chi connectivity index (χ1) is 21.3. The maximum Gasteiger partial charge on any atom is 0.514 e. The van der Waals surface area contributed by atoms with E-state index in [4.69, 9.17) is 24.7 Å². The number of hydrogen-bond donors (Lipinski definition) is 1. The number of nitriles is 2. The minimum atomic E-state index is -0.982. The fourth-order valence-corrected chi connectivity index (χ4v) is 3.88. The zero-order chi connectivity index (χ0) is 31.3. The van der Waals surface area contributed by atoms with E-state index in [0.717, 1.165) is 5.56 Å². The summed E-state index contributed by atoms with van der Waals surface area (Å²) in [7, 11) is 0. The number of allylic oxidation sites excluding steroid dienone is 1. The van der Waals surface area contributed by atoms with E-state index in [2.05, 4.69) is 5.32 Å². The summed E-state index contributed by atoms with van der Waals surface area (Å²) in [5, 5.41) is 32.0. The van der Waals surface area contributed by atoms with Gasteiger partial charge in [-0.25, -0.2) is 4.79 Å². The number of benzene rings is 4. The molecule has 218 valence electrons. The van der Waals surface area contributed by atoms with Crippen molar-refractivity contribution in [3.63, 3.8) is 0 Å². The van der Waals surface area contributed by atoms with Gasteiger partial charge in [-0.15, -0.1) is 0 Å². The molecule has 0 atom stereocenters. The van der Waals surface area contributed by atoms with E-state index in [-0.39, 0.29) is 48.3 Å². The van der Waals surface area contributed by atoms with Crippen molar-refractivity contribution in [2.24, 2.45) is 0 Å². The first-order valence-electron chi connectivity index (χ1n) is 13.1. The first-order valence-corrected chi connectivity index (χ1v) is 13.1. The van der Waals surface area contributed by atoms with Crippen LogP contribution in [0.1, 0.15) is 22.3 Å². The zero-order valence-corrected chi connectivity index (χ0v) is 23.1. The van der Waals surface area contributed by atoms with E-state index >= 15 is 0 Å². The Bertz CT molecular complexity index is 1740. The molecule has 0 saturated carbocycles. The van der Waals surface area contributed by atoms with Crippen LogP contribution in [0.2, 0.25) is 0 Å². The van der Waals surface area contributed by atoms with Gasteiger partial charge >= 0.3 is 6.16 Å². The maximum atomic E-state index is 12.4. The number of rotatable bonds is 11. The van der Waals surface area contributed by atoms with E-state index in [1.54, 1.807) is 36.4 Å². The van der Waals surface area contributed by atoms with Crippen LogP contribution in [0, 0.1) is 32.8 Å². The van der Waals surface area contributed by atoms with E-state index in [9.17, 15) is 19.7 Å². The van der Waals surface area contributed by atoms with E-state index in [1.807, 2.05) is 30.3 Å². The summed E-state index contributed by atoms with van der Waals surface area (Å²) in [6, 6.07) is 29.8. The fraction of sp³-hybridized carbons (Fsp3) is 0.0909. The second kappa shape index (κ2) is 15.0. The number of nitro benzene ring substituents is 1. The molecule has 0 heterocycles. The highest BCUT2D eigenvalue weighted by atomic mass is 16.7. The minimum Gasteiger partial charge on any atom is -0.488 e. The Morgan fingerprint density at radius 3 is 2.16 bits per heavy atom. The van der Waals surface area contributed by atoms with Crippen LogP contribution in [0.3, 0.4) is 0 Å². The third-order valence-corrected chi connectivity index (χ3v) is 6.07. The average Bonchev–Trinajstić information content (AvgIpc) is 3.03. The second-order valence-corrected chi connectivity index (χ2v) is 9.24. The number of nitro groups is 1. The maximum absolute atomic E-state index is 12.4. The number of amides is 1. The lowest BCUT2D eigenvalue weighted by Crippen LogP contribution is -2.14. The van der Waals surface area contributed by atoms with Gasteiger partial charge in [-0.2, -0.15) is 10.5 Å². The van der Waals surface area contributed by atoms with Crippen LogP contribution in [0.4, 0.5) is 16.2 Å². The monoisotopic (exact) mass is 588 g/mol. The lowest BCUT2D eigenvalue weighted by Gasteiger charge is -2.12. The van der Waals surface area contributed by atoms with Gasteiger partial charge in [-0.3, -0.25) is 14.9 Å². The number of non-ortho nitro benzene ring substituents is 1. The molecule has 0 aromatic heterocycles. The summed E-state index contributed by atoms with van der Waals surface area (Å²) < 4.78 is 16.4. The number of hydrogen-bond acceptors (Lipinski definition) is 9. The van der Waals surface area contributed by atoms with E-state index in [1.165, 1.54) is 48.5 Å². The van der Waals surface area contributed by atoms with Crippen LogP contribution >= 0.6 is 0 Å². The topological polar surface area (TPSA) is 165 Å². The predicted molar refractivity (Wildman–Crippen MR) is 159 cm³/mol. The Kier molecular flexibility index (Phi) is 10.4. The second-order valence-electron chi connectivity index (χ2n) is 9.24. The van der Waals surface area contributed by atoms with Crippen molar-refractivity contribution in [1.82, 2.24) is 0 Å². The van der Waals surface area contributed by atoms with Gasteiger partial charge in [0.15, 0.2) is 0 Å². The van der Waals surface area contributed by atoms with Gasteiger partial charge in [0.05, 0.1) is 11.3 Å².